The van der Waals surface area contributed by atoms with Gasteiger partial charge < -0.3 is 14.8 Å². The lowest BCUT2D eigenvalue weighted by Gasteiger charge is -2.34. The fraction of sp³-hybridized carbons (Fsp3) is 0.321. The maximum Gasteiger partial charge on any atom is 0.264 e. The van der Waals surface area contributed by atoms with Crippen molar-refractivity contribution in [3.05, 3.63) is 77.8 Å². The van der Waals surface area contributed by atoms with Gasteiger partial charge in [0.05, 0.1) is 28.6 Å². The van der Waals surface area contributed by atoms with Gasteiger partial charge in [0, 0.05) is 18.1 Å². The van der Waals surface area contributed by atoms with Crippen LogP contribution in [0.1, 0.15) is 19.3 Å². The summed E-state index contributed by atoms with van der Waals surface area (Å²) in [5.74, 6) is 0.165. The number of rotatable bonds is 9. The van der Waals surface area contributed by atoms with E-state index in [1.807, 2.05) is 0 Å². The van der Waals surface area contributed by atoms with E-state index < -0.39 is 32.1 Å². The summed E-state index contributed by atoms with van der Waals surface area (Å²) in [4.78, 5) is 13.3. The number of nitrogens with one attached hydrogen (secondary N) is 1. The molecule has 218 valence electrons. The number of anilines is 1. The SMILES string of the molecule is O=C(NCCOc1ccc(S(=O)(=O)N2CCCCC2)cc1)[C@H]1CN(S(=O)(=O)c2ccccc2)c2cc(Cl)ccc2O1. The third-order valence-corrected chi connectivity index (χ3v) is 10.8. The first-order valence-electron chi connectivity index (χ1n) is 13.2. The summed E-state index contributed by atoms with van der Waals surface area (Å²) >= 11 is 6.14. The standard InChI is InChI=1S/C28H30ClN3O7S2/c29-21-9-14-26-25(19-21)32(41(36,37)23-7-3-1-4-8-23)20-27(39-26)28(33)30-15-18-38-22-10-12-24(13-11-22)40(34,35)31-16-5-2-6-17-31/h1,3-4,7-14,19,27H,2,5-6,15-18,20H2,(H,30,33)/t27-/m1/s1. The van der Waals surface area contributed by atoms with Crippen molar-refractivity contribution in [2.45, 2.75) is 35.2 Å². The van der Waals surface area contributed by atoms with Gasteiger partial charge in [-0.25, -0.2) is 16.8 Å². The molecule has 2 heterocycles. The summed E-state index contributed by atoms with van der Waals surface area (Å²) in [7, 11) is -7.53. The molecule has 1 amide bonds. The molecule has 3 aromatic carbocycles. The average molecular weight is 620 g/mol. The Morgan fingerprint density at radius 3 is 2.29 bits per heavy atom. The number of sulfonamides is 2. The number of hydrogen-bond donors (Lipinski definition) is 1. The van der Waals surface area contributed by atoms with Crippen molar-refractivity contribution in [1.29, 1.82) is 0 Å². The molecule has 13 heteroatoms. The Bertz CT molecular complexity index is 1600. The predicted molar refractivity (Wildman–Crippen MR) is 154 cm³/mol. The molecule has 2 aliphatic rings. The number of ether oxygens (including phenoxy) is 2. The van der Waals surface area contributed by atoms with Gasteiger partial charge in [0.2, 0.25) is 10.0 Å². The van der Waals surface area contributed by atoms with Crippen LogP contribution >= 0.6 is 11.6 Å². The molecule has 5 rings (SSSR count). The second kappa shape index (κ2) is 12.3. The van der Waals surface area contributed by atoms with Crippen molar-refractivity contribution < 1.29 is 31.1 Å². The number of carbonyl (C=O) groups excluding carboxylic acids is 1. The molecule has 0 radical (unpaired) electrons. The first kappa shape index (κ1) is 29.2. The van der Waals surface area contributed by atoms with E-state index in [0.717, 1.165) is 23.6 Å². The van der Waals surface area contributed by atoms with Crippen LogP contribution in [0, 0.1) is 0 Å². The highest BCUT2D eigenvalue weighted by Gasteiger charge is 2.37. The van der Waals surface area contributed by atoms with Crippen LogP contribution in [-0.4, -0.2) is 65.9 Å². The highest BCUT2D eigenvalue weighted by Crippen LogP contribution is 2.38. The van der Waals surface area contributed by atoms with E-state index in [0.29, 0.717) is 23.9 Å². The molecule has 0 aliphatic carbocycles. The molecular formula is C28H30ClN3O7S2. The highest BCUT2D eigenvalue weighted by atomic mass is 35.5. The maximum atomic E-state index is 13.5. The largest absolute Gasteiger partial charge is 0.492 e. The number of amides is 1. The normalized spacial score (nSPS) is 17.8. The number of fused-ring (bicyclic) bond motifs is 1. The van der Waals surface area contributed by atoms with E-state index in [1.54, 1.807) is 36.4 Å². The molecule has 0 spiro atoms. The van der Waals surface area contributed by atoms with Crippen molar-refractivity contribution in [3.63, 3.8) is 0 Å². The zero-order chi connectivity index (χ0) is 29.0. The van der Waals surface area contributed by atoms with Gasteiger partial charge in [-0.2, -0.15) is 4.31 Å². The summed E-state index contributed by atoms with van der Waals surface area (Å²) in [5.41, 5.74) is 0.250. The number of nitrogens with zero attached hydrogens (tertiary/aromatic N) is 2. The quantitative estimate of drug-likeness (QED) is 0.363. The molecule has 41 heavy (non-hydrogen) atoms. The van der Waals surface area contributed by atoms with Gasteiger partial charge in [0.25, 0.3) is 15.9 Å². The van der Waals surface area contributed by atoms with Gasteiger partial charge in [0.15, 0.2) is 6.10 Å². The first-order valence-corrected chi connectivity index (χ1v) is 16.5. The van der Waals surface area contributed by atoms with Crippen LogP contribution in [-0.2, 0) is 24.8 Å². The molecule has 10 nitrogen and oxygen atoms in total. The summed E-state index contributed by atoms with van der Waals surface area (Å²) in [6.45, 7) is 1.03. The monoisotopic (exact) mass is 619 g/mol. The molecule has 0 bridgehead atoms. The number of hydrogen-bond acceptors (Lipinski definition) is 7. The van der Waals surface area contributed by atoms with Crippen LogP contribution in [0.5, 0.6) is 11.5 Å². The van der Waals surface area contributed by atoms with Gasteiger partial charge >= 0.3 is 0 Å². The van der Waals surface area contributed by atoms with Gasteiger partial charge in [-0.3, -0.25) is 9.10 Å². The summed E-state index contributed by atoms with van der Waals surface area (Å²) in [6, 6.07) is 18.7. The lowest BCUT2D eigenvalue weighted by Crippen LogP contribution is -2.51. The van der Waals surface area contributed by atoms with Crippen molar-refractivity contribution >= 4 is 43.2 Å². The van der Waals surface area contributed by atoms with Crippen LogP contribution in [0.2, 0.25) is 5.02 Å². The average Bonchev–Trinajstić information content (AvgIpc) is 2.99. The van der Waals surface area contributed by atoms with Crippen LogP contribution in [0.25, 0.3) is 0 Å². The Balaban J connectivity index is 1.19. The zero-order valence-electron chi connectivity index (χ0n) is 22.1. The third-order valence-electron chi connectivity index (χ3n) is 6.86. The van der Waals surface area contributed by atoms with E-state index in [4.69, 9.17) is 21.1 Å². The number of benzene rings is 3. The Labute approximate surface area is 244 Å². The second-order valence-electron chi connectivity index (χ2n) is 9.64. The van der Waals surface area contributed by atoms with Crippen LogP contribution in [0.15, 0.2) is 82.6 Å². The van der Waals surface area contributed by atoms with E-state index in [1.165, 1.54) is 40.7 Å². The smallest absolute Gasteiger partial charge is 0.264 e. The van der Waals surface area contributed by atoms with Crippen LogP contribution in [0.4, 0.5) is 5.69 Å². The number of halogens is 1. The Morgan fingerprint density at radius 2 is 1.59 bits per heavy atom. The van der Waals surface area contributed by atoms with Gasteiger partial charge in [-0.15, -0.1) is 0 Å². The fourth-order valence-electron chi connectivity index (χ4n) is 4.73. The number of piperidine rings is 1. The Hall–Kier alpha value is -3.32. The minimum absolute atomic E-state index is 0.0788. The van der Waals surface area contributed by atoms with E-state index in [2.05, 4.69) is 5.32 Å². The lowest BCUT2D eigenvalue weighted by atomic mass is 10.2. The highest BCUT2D eigenvalue weighted by molar-refractivity contribution is 7.92. The summed E-state index contributed by atoms with van der Waals surface area (Å²) in [5, 5.41) is 3.05. The van der Waals surface area contributed by atoms with Crippen molar-refractivity contribution in [3.8, 4) is 11.5 Å². The molecule has 0 aromatic heterocycles. The minimum atomic E-state index is -4.00. The third kappa shape index (κ3) is 6.45. The van der Waals surface area contributed by atoms with E-state index >= 15 is 0 Å². The van der Waals surface area contributed by atoms with Gasteiger partial charge in [0.1, 0.15) is 18.1 Å². The molecule has 2 aliphatic heterocycles. The zero-order valence-corrected chi connectivity index (χ0v) is 24.5. The van der Waals surface area contributed by atoms with Crippen molar-refractivity contribution in [2.24, 2.45) is 0 Å². The molecule has 0 saturated carbocycles. The maximum absolute atomic E-state index is 13.5. The van der Waals surface area contributed by atoms with Gasteiger partial charge in [-0.1, -0.05) is 36.2 Å². The molecule has 1 N–H and O–H groups in total. The molecule has 1 atom stereocenters. The van der Waals surface area contributed by atoms with E-state index in [9.17, 15) is 21.6 Å². The second-order valence-corrected chi connectivity index (χ2v) is 13.9. The Kier molecular flexibility index (Phi) is 8.74. The fourth-order valence-corrected chi connectivity index (χ4v) is 7.90. The molecular weight excluding hydrogens is 590 g/mol. The van der Waals surface area contributed by atoms with Crippen molar-refractivity contribution in [1.82, 2.24) is 9.62 Å². The molecule has 1 fully saturated rings. The summed E-state index contributed by atoms with van der Waals surface area (Å²) in [6.07, 6.45) is 1.65. The van der Waals surface area contributed by atoms with Gasteiger partial charge in [-0.05, 0) is 67.4 Å². The molecule has 3 aromatic rings. The first-order chi connectivity index (χ1) is 19.7. The number of carbonyl (C=O) groups is 1. The lowest BCUT2D eigenvalue weighted by molar-refractivity contribution is -0.127. The van der Waals surface area contributed by atoms with Crippen molar-refractivity contribution in [2.75, 3.05) is 37.1 Å². The van der Waals surface area contributed by atoms with Crippen LogP contribution in [0.3, 0.4) is 0 Å². The van der Waals surface area contributed by atoms with Crippen LogP contribution < -0.4 is 19.1 Å². The topological polar surface area (TPSA) is 122 Å². The summed E-state index contributed by atoms with van der Waals surface area (Å²) < 4.78 is 66.7. The predicted octanol–water partition coefficient (Wildman–Crippen LogP) is 3.67. The molecule has 0 unspecified atom stereocenters. The minimum Gasteiger partial charge on any atom is -0.492 e. The molecule has 1 saturated heterocycles. The van der Waals surface area contributed by atoms with E-state index in [-0.39, 0.29) is 40.9 Å². The Morgan fingerprint density at radius 1 is 0.902 bits per heavy atom.